The normalized spacial score (nSPS) is 20.0. The molecule has 5 heteroatoms. The minimum absolute atomic E-state index is 0.168. The highest BCUT2D eigenvalue weighted by Crippen LogP contribution is 2.40. The molecule has 0 aromatic heterocycles. The molecule has 1 saturated heterocycles. The minimum atomic E-state index is -0.801. The lowest BCUT2D eigenvalue weighted by Crippen LogP contribution is -2.50. The lowest BCUT2D eigenvalue weighted by atomic mass is 9.97. The molecule has 0 bridgehead atoms. The van der Waals surface area contributed by atoms with Crippen LogP contribution in [0.4, 0.5) is 4.39 Å². The smallest absolute Gasteiger partial charge is 0.138 e. The Morgan fingerprint density at radius 1 is 1.12 bits per heavy atom. The Morgan fingerprint density at radius 3 is 2.69 bits per heavy atom. The lowest BCUT2D eigenvalue weighted by Gasteiger charge is -2.35. The highest BCUT2D eigenvalue weighted by atomic mass is 35.5. The van der Waals surface area contributed by atoms with Crippen LogP contribution in [0.25, 0.3) is 11.1 Å². The van der Waals surface area contributed by atoms with Gasteiger partial charge in [0.15, 0.2) is 0 Å². The van der Waals surface area contributed by atoms with Gasteiger partial charge in [0.25, 0.3) is 0 Å². The van der Waals surface area contributed by atoms with Crippen molar-refractivity contribution in [1.82, 2.24) is 4.90 Å². The van der Waals surface area contributed by atoms with E-state index in [9.17, 15) is 9.50 Å². The summed E-state index contributed by atoms with van der Waals surface area (Å²) in [5, 5.41) is 9.88. The number of halogens is 2. The van der Waals surface area contributed by atoms with Gasteiger partial charge in [-0.3, -0.25) is 4.90 Å². The first kappa shape index (κ1) is 17.8. The first-order valence-electron chi connectivity index (χ1n) is 9.19. The summed E-state index contributed by atoms with van der Waals surface area (Å²) >= 11 is 6.62. The van der Waals surface area contributed by atoms with Crippen LogP contribution in [0.5, 0.6) is 5.75 Å². The molecule has 138 valence electrons. The number of aliphatic hydroxyl groups is 1. The lowest BCUT2D eigenvalue weighted by molar-refractivity contribution is 0.0000508. The zero-order valence-electron chi connectivity index (χ0n) is 14.6. The third-order valence-electron chi connectivity index (χ3n) is 5.21. The number of benzene rings is 2. The SMILES string of the molecule is OC1CN(CCCOc2cccc(-c3cccc4c3C[C@H](F)C4)c2Cl)C1. The molecule has 1 fully saturated rings. The van der Waals surface area contributed by atoms with Crippen molar-refractivity contribution in [3.05, 3.63) is 52.5 Å². The van der Waals surface area contributed by atoms with Crippen molar-refractivity contribution in [1.29, 1.82) is 0 Å². The Kier molecular flexibility index (Phi) is 5.16. The second-order valence-corrected chi connectivity index (χ2v) is 7.56. The van der Waals surface area contributed by atoms with Gasteiger partial charge < -0.3 is 9.84 Å². The molecule has 2 aromatic rings. The third kappa shape index (κ3) is 3.59. The molecule has 1 aliphatic heterocycles. The maximum absolute atomic E-state index is 13.8. The topological polar surface area (TPSA) is 32.7 Å². The summed E-state index contributed by atoms with van der Waals surface area (Å²) < 4.78 is 19.7. The Balaban J connectivity index is 1.46. The molecule has 1 aliphatic carbocycles. The highest BCUT2D eigenvalue weighted by molar-refractivity contribution is 6.34. The van der Waals surface area contributed by atoms with Crippen molar-refractivity contribution in [3.8, 4) is 16.9 Å². The summed E-state index contributed by atoms with van der Waals surface area (Å²) in [4.78, 5) is 2.20. The zero-order chi connectivity index (χ0) is 18.1. The molecular weight excluding hydrogens is 353 g/mol. The van der Waals surface area contributed by atoms with E-state index in [4.69, 9.17) is 16.3 Å². The van der Waals surface area contributed by atoms with Crippen LogP contribution in [-0.2, 0) is 12.8 Å². The fourth-order valence-electron chi connectivity index (χ4n) is 3.88. The molecule has 0 spiro atoms. The van der Waals surface area contributed by atoms with Crippen molar-refractivity contribution < 1.29 is 14.2 Å². The molecule has 0 unspecified atom stereocenters. The third-order valence-corrected chi connectivity index (χ3v) is 5.60. The number of aliphatic hydroxyl groups excluding tert-OH is 1. The molecule has 1 N–H and O–H groups in total. The van der Waals surface area contributed by atoms with Gasteiger partial charge in [0, 0.05) is 38.0 Å². The quantitative estimate of drug-likeness (QED) is 0.777. The predicted octanol–water partition coefficient (Wildman–Crippen LogP) is 3.89. The van der Waals surface area contributed by atoms with Gasteiger partial charge in [0.05, 0.1) is 17.7 Å². The van der Waals surface area contributed by atoms with Gasteiger partial charge in [-0.1, -0.05) is 41.9 Å². The van der Waals surface area contributed by atoms with E-state index in [0.29, 0.717) is 30.2 Å². The number of ether oxygens (including phenoxy) is 1. The molecular formula is C21H23ClFNO2. The zero-order valence-corrected chi connectivity index (χ0v) is 15.4. The van der Waals surface area contributed by atoms with Crippen LogP contribution in [0.1, 0.15) is 17.5 Å². The van der Waals surface area contributed by atoms with E-state index in [1.165, 1.54) is 0 Å². The van der Waals surface area contributed by atoms with Gasteiger partial charge in [0.2, 0.25) is 0 Å². The van der Waals surface area contributed by atoms with Crippen molar-refractivity contribution in [2.24, 2.45) is 0 Å². The number of hydrogen-bond acceptors (Lipinski definition) is 3. The number of likely N-dealkylation sites (tertiary alicyclic amines) is 1. The van der Waals surface area contributed by atoms with Gasteiger partial charge in [-0.15, -0.1) is 0 Å². The summed E-state index contributed by atoms with van der Waals surface area (Å²) in [5.74, 6) is 0.667. The second kappa shape index (κ2) is 7.55. The predicted molar refractivity (Wildman–Crippen MR) is 102 cm³/mol. The fraction of sp³-hybridized carbons (Fsp3) is 0.429. The molecule has 0 amide bonds. The van der Waals surface area contributed by atoms with Crippen LogP contribution in [0, 0.1) is 0 Å². The molecule has 0 radical (unpaired) electrons. The Morgan fingerprint density at radius 2 is 1.88 bits per heavy atom. The minimum Gasteiger partial charge on any atom is -0.492 e. The number of hydrogen-bond donors (Lipinski definition) is 1. The van der Waals surface area contributed by atoms with E-state index >= 15 is 0 Å². The Hall–Kier alpha value is -1.62. The molecule has 3 nitrogen and oxygen atoms in total. The largest absolute Gasteiger partial charge is 0.492 e. The van der Waals surface area contributed by atoms with Gasteiger partial charge in [-0.05, 0) is 29.2 Å². The summed E-state index contributed by atoms with van der Waals surface area (Å²) in [6.07, 6.45) is 0.858. The van der Waals surface area contributed by atoms with Gasteiger partial charge in [-0.25, -0.2) is 4.39 Å². The average Bonchev–Trinajstić information content (AvgIpc) is 2.98. The van der Waals surface area contributed by atoms with Crippen molar-refractivity contribution in [3.63, 3.8) is 0 Å². The molecule has 4 rings (SSSR count). The van der Waals surface area contributed by atoms with Gasteiger partial charge in [-0.2, -0.15) is 0 Å². The summed E-state index contributed by atoms with van der Waals surface area (Å²) in [5.41, 5.74) is 4.05. The first-order valence-corrected chi connectivity index (χ1v) is 9.56. The van der Waals surface area contributed by atoms with Gasteiger partial charge >= 0.3 is 0 Å². The van der Waals surface area contributed by atoms with Crippen molar-refractivity contribution in [2.75, 3.05) is 26.2 Å². The Bertz CT molecular complexity index is 792. The fourth-order valence-corrected chi connectivity index (χ4v) is 4.16. The van der Waals surface area contributed by atoms with E-state index in [1.54, 1.807) is 0 Å². The van der Waals surface area contributed by atoms with E-state index in [0.717, 1.165) is 48.3 Å². The highest BCUT2D eigenvalue weighted by Gasteiger charge is 2.25. The molecule has 26 heavy (non-hydrogen) atoms. The second-order valence-electron chi connectivity index (χ2n) is 7.18. The Labute approximate surface area is 158 Å². The van der Waals surface area contributed by atoms with Crippen LogP contribution in [0.15, 0.2) is 36.4 Å². The molecule has 1 heterocycles. The van der Waals surface area contributed by atoms with E-state index < -0.39 is 6.17 Å². The number of rotatable bonds is 6. The molecule has 2 aliphatic rings. The van der Waals surface area contributed by atoms with Gasteiger partial charge in [0.1, 0.15) is 11.9 Å². The number of β-amino-alcohol motifs (C(OH)–C–C–N with tert-alkyl or cyclic N) is 1. The summed E-state index contributed by atoms with van der Waals surface area (Å²) in [7, 11) is 0. The average molecular weight is 376 g/mol. The maximum Gasteiger partial charge on any atom is 0.138 e. The monoisotopic (exact) mass is 375 g/mol. The number of alkyl halides is 1. The molecule has 1 atom stereocenters. The standard InChI is InChI=1S/C21H23ClFNO2/c22-21-18(17-5-1-4-14-10-15(23)11-19(14)17)6-2-7-20(21)26-9-3-8-24-12-16(25)13-24/h1-2,4-7,15-16,25H,3,8-13H2/t15-/m1/s1. The molecule has 2 aromatic carbocycles. The van der Waals surface area contributed by atoms with E-state index in [2.05, 4.69) is 4.90 Å². The van der Waals surface area contributed by atoms with Crippen LogP contribution in [0.3, 0.4) is 0 Å². The maximum atomic E-state index is 13.8. The van der Waals surface area contributed by atoms with Crippen molar-refractivity contribution >= 4 is 11.6 Å². The van der Waals surface area contributed by atoms with Crippen LogP contribution >= 0.6 is 11.6 Å². The van der Waals surface area contributed by atoms with Crippen LogP contribution in [-0.4, -0.2) is 48.5 Å². The molecule has 0 saturated carbocycles. The van der Waals surface area contributed by atoms with Crippen molar-refractivity contribution in [2.45, 2.75) is 31.5 Å². The summed E-state index contributed by atoms with van der Waals surface area (Å²) in [6.45, 7) is 3.00. The van der Waals surface area contributed by atoms with E-state index in [1.807, 2.05) is 36.4 Å². The van der Waals surface area contributed by atoms with Crippen LogP contribution < -0.4 is 4.74 Å². The van der Waals surface area contributed by atoms with Crippen LogP contribution in [0.2, 0.25) is 5.02 Å². The first-order chi connectivity index (χ1) is 12.6. The van der Waals surface area contributed by atoms with E-state index in [-0.39, 0.29) is 6.10 Å². The summed E-state index contributed by atoms with van der Waals surface area (Å²) in [6, 6.07) is 11.8. The number of nitrogens with zero attached hydrogens (tertiary/aromatic N) is 1. The number of fused-ring (bicyclic) bond motifs is 1.